The summed E-state index contributed by atoms with van der Waals surface area (Å²) in [5.74, 6) is 0.819. The van der Waals surface area contributed by atoms with Gasteiger partial charge in [-0.25, -0.2) is 9.98 Å². The molecule has 0 aliphatic heterocycles. The van der Waals surface area contributed by atoms with Gasteiger partial charge in [-0.3, -0.25) is 0 Å². The van der Waals surface area contributed by atoms with E-state index in [1.807, 2.05) is 12.5 Å². The van der Waals surface area contributed by atoms with E-state index in [9.17, 15) is 0 Å². The third kappa shape index (κ3) is 9.44. The van der Waals surface area contributed by atoms with Gasteiger partial charge in [0, 0.05) is 45.7 Å². The Labute approximate surface area is 220 Å². The molecule has 3 rings (SSSR count). The van der Waals surface area contributed by atoms with Crippen molar-refractivity contribution in [2.45, 2.75) is 26.4 Å². The molecule has 0 aliphatic carbocycles. The number of imidazole rings is 1. The molecule has 0 fully saturated rings. The minimum atomic E-state index is 0. The monoisotopic (exact) mass is 577 g/mol. The first-order valence-electron chi connectivity index (χ1n) is 11.5. The first kappa shape index (κ1) is 27.8. The number of nitrogens with one attached hydrogen (secondary N) is 2. The van der Waals surface area contributed by atoms with E-state index in [0.717, 1.165) is 32.0 Å². The number of nitrogens with zero attached hydrogens (tertiary/aromatic N) is 3. The molecular weight excluding hydrogens is 541 g/mol. The summed E-state index contributed by atoms with van der Waals surface area (Å²) in [6, 6.07) is 17.2. The zero-order valence-electron chi connectivity index (χ0n) is 20.1. The molecule has 0 spiro atoms. The van der Waals surface area contributed by atoms with Crippen molar-refractivity contribution in [2.75, 3.05) is 40.0 Å². The van der Waals surface area contributed by atoms with Crippen LogP contribution in [0.3, 0.4) is 0 Å². The number of hydrogen-bond donors (Lipinski definition) is 2. The lowest BCUT2D eigenvalue weighted by Gasteiger charge is -2.13. The smallest absolute Gasteiger partial charge is 0.191 e. The molecule has 184 valence electrons. The van der Waals surface area contributed by atoms with Gasteiger partial charge in [-0.05, 0) is 35.6 Å². The summed E-state index contributed by atoms with van der Waals surface area (Å²) in [6.07, 6.45) is 6.53. The molecule has 1 heterocycles. The molecule has 0 amide bonds. The fourth-order valence-corrected chi connectivity index (χ4v) is 3.45. The van der Waals surface area contributed by atoms with Gasteiger partial charge in [-0.2, -0.15) is 0 Å². The molecule has 0 atom stereocenters. The highest BCUT2D eigenvalue weighted by Gasteiger charge is 2.06. The maximum absolute atomic E-state index is 5.52. The van der Waals surface area contributed by atoms with Crippen LogP contribution in [0.1, 0.15) is 24.5 Å². The first-order chi connectivity index (χ1) is 16.3. The lowest BCUT2D eigenvalue weighted by molar-refractivity contribution is 0.0698. The maximum Gasteiger partial charge on any atom is 0.191 e. The van der Waals surface area contributed by atoms with E-state index in [0.29, 0.717) is 26.4 Å². The van der Waals surface area contributed by atoms with Crippen LogP contribution < -0.4 is 10.6 Å². The summed E-state index contributed by atoms with van der Waals surface area (Å²) in [5, 5.41) is 6.71. The number of aliphatic imine (C=N–C) groups is 1. The number of guanidine groups is 1. The Morgan fingerprint density at radius 1 is 1.03 bits per heavy atom. The zero-order valence-corrected chi connectivity index (χ0v) is 22.4. The van der Waals surface area contributed by atoms with Crippen molar-refractivity contribution in [1.82, 2.24) is 20.2 Å². The predicted molar refractivity (Wildman–Crippen MR) is 149 cm³/mol. The van der Waals surface area contributed by atoms with Gasteiger partial charge in [0.1, 0.15) is 0 Å². The zero-order chi connectivity index (χ0) is 23.1. The van der Waals surface area contributed by atoms with E-state index >= 15 is 0 Å². The van der Waals surface area contributed by atoms with Gasteiger partial charge in [-0.15, -0.1) is 24.0 Å². The molecule has 0 radical (unpaired) electrons. The summed E-state index contributed by atoms with van der Waals surface area (Å²) >= 11 is 0. The maximum atomic E-state index is 5.52. The lowest BCUT2D eigenvalue weighted by atomic mass is 9.98. The Morgan fingerprint density at radius 2 is 1.85 bits per heavy atom. The van der Waals surface area contributed by atoms with Gasteiger partial charge in [0.2, 0.25) is 0 Å². The van der Waals surface area contributed by atoms with E-state index < -0.39 is 0 Å². The van der Waals surface area contributed by atoms with Crippen molar-refractivity contribution in [3.8, 4) is 11.1 Å². The minimum absolute atomic E-state index is 0. The number of rotatable bonds is 13. The van der Waals surface area contributed by atoms with Gasteiger partial charge < -0.3 is 24.7 Å². The van der Waals surface area contributed by atoms with Gasteiger partial charge >= 0.3 is 0 Å². The molecule has 7 nitrogen and oxygen atoms in total. The Balaban J connectivity index is 0.00000408. The highest BCUT2D eigenvalue weighted by molar-refractivity contribution is 14.0. The highest BCUT2D eigenvalue weighted by atomic mass is 127. The van der Waals surface area contributed by atoms with E-state index in [4.69, 9.17) is 14.5 Å². The second-order valence-electron chi connectivity index (χ2n) is 7.67. The average molecular weight is 578 g/mol. The van der Waals surface area contributed by atoms with E-state index in [-0.39, 0.29) is 24.0 Å². The fraction of sp³-hybridized carbons (Fsp3) is 0.385. The number of aromatic nitrogens is 2. The van der Waals surface area contributed by atoms with Crippen LogP contribution in [0.2, 0.25) is 0 Å². The molecule has 0 bridgehead atoms. The van der Waals surface area contributed by atoms with Gasteiger partial charge in [-0.1, -0.05) is 48.5 Å². The Morgan fingerprint density at radius 3 is 2.59 bits per heavy atom. The second kappa shape index (κ2) is 16.2. The SMILES string of the molecule is CCNC(=NCc1ccccc1-c1ccc(Cn2ccnc2)cc1)NCCCOCCOC.I. The summed E-state index contributed by atoms with van der Waals surface area (Å²) in [5.41, 5.74) is 4.84. The van der Waals surface area contributed by atoms with E-state index in [2.05, 4.69) is 75.6 Å². The van der Waals surface area contributed by atoms with Crippen molar-refractivity contribution in [1.29, 1.82) is 0 Å². The minimum Gasteiger partial charge on any atom is -0.382 e. The van der Waals surface area contributed by atoms with Crippen LogP contribution >= 0.6 is 24.0 Å². The molecule has 2 N–H and O–H groups in total. The fourth-order valence-electron chi connectivity index (χ4n) is 3.45. The number of hydrogen-bond acceptors (Lipinski definition) is 4. The third-order valence-corrected chi connectivity index (χ3v) is 5.15. The summed E-state index contributed by atoms with van der Waals surface area (Å²) in [7, 11) is 1.68. The number of halogens is 1. The van der Waals surface area contributed by atoms with Crippen LogP contribution in [0.5, 0.6) is 0 Å². The van der Waals surface area contributed by atoms with Crippen molar-refractivity contribution < 1.29 is 9.47 Å². The summed E-state index contributed by atoms with van der Waals surface area (Å²) in [6.45, 7) is 7.08. The van der Waals surface area contributed by atoms with Crippen molar-refractivity contribution in [2.24, 2.45) is 4.99 Å². The Bertz CT molecular complexity index is 962. The molecule has 0 saturated carbocycles. The van der Waals surface area contributed by atoms with Gasteiger partial charge in [0.05, 0.1) is 26.1 Å². The number of ether oxygens (including phenoxy) is 2. The number of benzene rings is 2. The van der Waals surface area contributed by atoms with Crippen LogP contribution in [0.4, 0.5) is 0 Å². The molecule has 0 unspecified atom stereocenters. The van der Waals surface area contributed by atoms with E-state index in [1.54, 1.807) is 13.3 Å². The van der Waals surface area contributed by atoms with Crippen molar-refractivity contribution in [3.05, 3.63) is 78.4 Å². The van der Waals surface area contributed by atoms with Crippen LogP contribution in [0.15, 0.2) is 72.2 Å². The second-order valence-corrected chi connectivity index (χ2v) is 7.67. The average Bonchev–Trinajstić information content (AvgIpc) is 3.36. The van der Waals surface area contributed by atoms with Crippen LogP contribution in [0.25, 0.3) is 11.1 Å². The number of methoxy groups -OCH3 is 1. The molecule has 3 aromatic rings. The topological polar surface area (TPSA) is 72.7 Å². The lowest BCUT2D eigenvalue weighted by Crippen LogP contribution is -2.38. The van der Waals surface area contributed by atoms with Crippen LogP contribution in [-0.4, -0.2) is 55.5 Å². The van der Waals surface area contributed by atoms with Crippen molar-refractivity contribution in [3.63, 3.8) is 0 Å². The molecule has 1 aromatic heterocycles. The van der Waals surface area contributed by atoms with Gasteiger partial charge in [0.25, 0.3) is 0 Å². The molecule has 8 heteroatoms. The van der Waals surface area contributed by atoms with Crippen LogP contribution in [0, 0.1) is 0 Å². The quantitative estimate of drug-likeness (QED) is 0.137. The van der Waals surface area contributed by atoms with E-state index in [1.165, 1.54) is 22.3 Å². The van der Waals surface area contributed by atoms with Crippen molar-refractivity contribution >= 4 is 29.9 Å². The summed E-state index contributed by atoms with van der Waals surface area (Å²) < 4.78 is 12.6. The molecule has 34 heavy (non-hydrogen) atoms. The molecular formula is C26H36IN5O2. The normalized spacial score (nSPS) is 11.2. The summed E-state index contributed by atoms with van der Waals surface area (Å²) in [4.78, 5) is 8.92. The standard InChI is InChI=1S/C26H35N5O2.HI/c1-3-28-26(29-13-6-16-33-18-17-32-2)30-19-24-7-4-5-8-25(24)23-11-9-22(10-12-23)20-31-15-14-27-21-31;/h4-5,7-12,14-15,21H,3,6,13,16-20H2,1-2H3,(H2,28,29,30);1H. The Hall–Kier alpha value is -2.43. The predicted octanol–water partition coefficient (Wildman–Crippen LogP) is 4.32. The van der Waals surface area contributed by atoms with Crippen LogP contribution in [-0.2, 0) is 22.6 Å². The molecule has 0 aliphatic rings. The highest BCUT2D eigenvalue weighted by Crippen LogP contribution is 2.25. The molecule has 0 saturated heterocycles. The third-order valence-electron chi connectivity index (χ3n) is 5.15. The molecule has 2 aromatic carbocycles. The largest absolute Gasteiger partial charge is 0.382 e. The Kier molecular flexibility index (Phi) is 13.3. The first-order valence-corrected chi connectivity index (χ1v) is 11.5. The van der Waals surface area contributed by atoms with Gasteiger partial charge in [0.15, 0.2) is 5.96 Å².